The number of carboxylic acid groups (broad SMARTS) is 1. The lowest BCUT2D eigenvalue weighted by atomic mass is 9.85. The zero-order valence-electron chi connectivity index (χ0n) is 36.3. The second kappa shape index (κ2) is 21.0. The molecular weight excluding hydrogens is 782 g/mol. The number of alkyl carbamates (subject to hydrolysis) is 3. The lowest BCUT2D eigenvalue weighted by Crippen LogP contribution is -2.48. The number of nitrogens with zero attached hydrogens (tertiary/aromatic N) is 1. The number of hydrogen-bond donors (Lipinski definition) is 7. The highest BCUT2D eigenvalue weighted by molar-refractivity contribution is 6.03. The van der Waals surface area contributed by atoms with Crippen molar-refractivity contribution >= 4 is 59.3 Å². The molecule has 0 heterocycles. The quantitative estimate of drug-likeness (QED) is 0.0590. The smallest absolute Gasteiger partial charge is 0.414 e. The summed E-state index contributed by atoms with van der Waals surface area (Å²) in [7, 11) is 0. The molecule has 60 heavy (non-hydrogen) atoms. The molecule has 330 valence electrons. The van der Waals surface area contributed by atoms with Crippen molar-refractivity contribution in [3.63, 3.8) is 0 Å². The van der Waals surface area contributed by atoms with E-state index < -0.39 is 83.2 Å². The summed E-state index contributed by atoms with van der Waals surface area (Å²) >= 11 is 0. The van der Waals surface area contributed by atoms with Gasteiger partial charge in [0.2, 0.25) is 17.8 Å². The summed E-state index contributed by atoms with van der Waals surface area (Å²) < 4.78 is 21.4. The molecule has 0 aromatic heterocycles. The molecule has 0 aliphatic rings. The summed E-state index contributed by atoms with van der Waals surface area (Å²) in [5.41, 5.74) is -1.84. The van der Waals surface area contributed by atoms with Crippen molar-refractivity contribution in [3.8, 4) is 5.75 Å². The van der Waals surface area contributed by atoms with Gasteiger partial charge in [-0.15, -0.1) is 0 Å². The number of carboxylic acids is 1. The molecule has 0 aliphatic heterocycles. The highest BCUT2D eigenvalue weighted by atomic mass is 16.6. The predicted octanol–water partition coefficient (Wildman–Crippen LogP) is 5.25. The van der Waals surface area contributed by atoms with Crippen molar-refractivity contribution < 1.29 is 57.6 Å². The second-order valence-electron chi connectivity index (χ2n) is 17.4. The van der Waals surface area contributed by atoms with Crippen molar-refractivity contribution in [2.75, 3.05) is 25.0 Å². The van der Waals surface area contributed by atoms with Crippen molar-refractivity contribution in [2.24, 2.45) is 4.99 Å². The fraction of sp³-hybridized carbons (Fsp3) is 0.512. The van der Waals surface area contributed by atoms with Gasteiger partial charge in [-0.2, -0.15) is 0 Å². The molecule has 6 amide bonds. The highest BCUT2D eigenvalue weighted by Crippen LogP contribution is 2.28. The molecule has 19 heteroatoms. The number of ether oxygens (including phenoxy) is 4. The minimum atomic E-state index is -1.51. The van der Waals surface area contributed by atoms with Crippen molar-refractivity contribution in [1.29, 1.82) is 0 Å². The van der Waals surface area contributed by atoms with E-state index in [4.69, 9.17) is 18.9 Å². The molecule has 1 unspecified atom stereocenters. The number of guanidine groups is 1. The Bertz CT molecular complexity index is 1870. The molecular formula is C41H59N7O12. The molecule has 0 bridgehead atoms. The van der Waals surface area contributed by atoms with E-state index in [-0.39, 0.29) is 36.0 Å². The SMILES string of the molecule is CC(C)(C)OC(=O)NCCOc1ccc(NC(=O)C(CC(=O)O)NC(=O)CNC(=O)c2cc(N=C(NC(=O)OC(C)(C)C)NC(=O)OC(C)(C)C)cc(C(C)(C)C)c2)cc1. The molecule has 0 fully saturated rings. The number of amides is 6. The Hall–Kier alpha value is -6.40. The Morgan fingerprint density at radius 1 is 0.700 bits per heavy atom. The van der Waals surface area contributed by atoms with E-state index >= 15 is 0 Å². The van der Waals surface area contributed by atoms with Gasteiger partial charge in [-0.3, -0.25) is 29.8 Å². The van der Waals surface area contributed by atoms with E-state index in [1.165, 1.54) is 18.2 Å². The van der Waals surface area contributed by atoms with Crippen LogP contribution >= 0.6 is 0 Å². The standard InChI is InChI=1S/C41H59N7O12/c1-38(2,3)25-19-24(20-27(21-25)45-34(47-36(55)59-40(7,8)9)48-37(56)60-41(10,11)12)32(52)43-23-30(49)46-29(22-31(50)51)33(53)44-26-13-15-28(16-14-26)57-18-17-42-35(54)58-39(4,5)6/h13-16,19-21,29H,17-18,22-23H2,1-12H3,(H,42,54)(H,43,52)(H,44,53)(H,46,49)(H,50,51)(H2,45,47,48,55,56). The number of benzene rings is 2. The second-order valence-corrected chi connectivity index (χ2v) is 17.4. The Morgan fingerprint density at radius 2 is 1.23 bits per heavy atom. The minimum absolute atomic E-state index is 0.0504. The summed E-state index contributed by atoms with van der Waals surface area (Å²) in [6, 6.07) is 9.15. The topological polar surface area (TPSA) is 261 Å². The molecule has 7 N–H and O–H groups in total. The van der Waals surface area contributed by atoms with E-state index in [1.54, 1.807) is 86.6 Å². The molecule has 2 rings (SSSR count). The van der Waals surface area contributed by atoms with E-state index in [0.29, 0.717) is 11.3 Å². The van der Waals surface area contributed by atoms with E-state index in [1.807, 2.05) is 20.8 Å². The highest BCUT2D eigenvalue weighted by Gasteiger charge is 2.26. The monoisotopic (exact) mass is 841 g/mol. The normalized spacial score (nSPS) is 12.1. The lowest BCUT2D eigenvalue weighted by molar-refractivity contribution is -0.139. The summed E-state index contributed by atoms with van der Waals surface area (Å²) in [6.45, 7) is 20.5. The number of rotatable bonds is 13. The van der Waals surface area contributed by atoms with Crippen LogP contribution in [0.2, 0.25) is 0 Å². The first-order valence-electron chi connectivity index (χ1n) is 19.0. The van der Waals surface area contributed by atoms with Gasteiger partial charge in [0.15, 0.2) is 0 Å². The molecule has 0 spiro atoms. The maximum atomic E-state index is 13.4. The van der Waals surface area contributed by atoms with Crippen LogP contribution in [0.4, 0.5) is 25.8 Å². The van der Waals surface area contributed by atoms with Crippen molar-refractivity contribution in [2.45, 2.75) is 118 Å². The zero-order chi connectivity index (χ0) is 45.6. The van der Waals surface area contributed by atoms with Gasteiger partial charge in [-0.05, 0) is 116 Å². The predicted molar refractivity (Wildman–Crippen MR) is 222 cm³/mol. The van der Waals surface area contributed by atoms with Crippen LogP contribution in [0.15, 0.2) is 47.5 Å². The number of aliphatic imine (C=N–C) groups is 1. The molecule has 2 aromatic carbocycles. The number of aliphatic carboxylic acids is 1. The molecule has 1 atom stereocenters. The summed E-state index contributed by atoms with van der Waals surface area (Å²) in [5, 5.41) is 24.2. The third kappa shape index (κ3) is 20.3. The third-order valence-electron chi connectivity index (χ3n) is 7.13. The maximum Gasteiger partial charge on any atom is 0.414 e. The molecule has 0 radical (unpaired) electrons. The Morgan fingerprint density at radius 3 is 1.73 bits per heavy atom. The van der Waals surface area contributed by atoms with Gasteiger partial charge in [0.1, 0.15) is 35.2 Å². The molecule has 0 aliphatic carbocycles. The van der Waals surface area contributed by atoms with Crippen molar-refractivity contribution in [3.05, 3.63) is 53.6 Å². The number of anilines is 1. The fourth-order valence-corrected chi connectivity index (χ4v) is 4.65. The number of hydrogen-bond acceptors (Lipinski definition) is 12. The zero-order valence-corrected chi connectivity index (χ0v) is 36.3. The van der Waals surface area contributed by atoms with Gasteiger partial charge >= 0.3 is 24.2 Å². The van der Waals surface area contributed by atoms with Crippen LogP contribution in [0, 0.1) is 0 Å². The van der Waals surface area contributed by atoms with Crippen LogP contribution in [0.25, 0.3) is 0 Å². The van der Waals surface area contributed by atoms with Crippen LogP contribution < -0.4 is 36.6 Å². The third-order valence-corrected chi connectivity index (χ3v) is 7.13. The van der Waals surface area contributed by atoms with Crippen LogP contribution in [-0.2, 0) is 34.0 Å². The first kappa shape index (κ1) is 49.7. The molecule has 0 saturated heterocycles. The van der Waals surface area contributed by atoms with Gasteiger partial charge in [0, 0.05) is 11.3 Å². The molecule has 0 saturated carbocycles. The van der Waals surface area contributed by atoms with Crippen LogP contribution in [0.1, 0.15) is 105 Å². The Kier molecular flexibility index (Phi) is 17.4. The Labute approximate surface area is 350 Å². The number of carbonyl (C=O) groups excluding carboxylic acids is 6. The van der Waals surface area contributed by atoms with Gasteiger partial charge in [0.05, 0.1) is 25.2 Å². The van der Waals surface area contributed by atoms with Crippen LogP contribution in [-0.4, -0.2) is 95.6 Å². The van der Waals surface area contributed by atoms with Crippen LogP contribution in [0.3, 0.4) is 0 Å². The first-order chi connectivity index (χ1) is 27.5. The Balaban J connectivity index is 2.18. The number of carbonyl (C=O) groups is 7. The van der Waals surface area contributed by atoms with E-state index in [0.717, 1.165) is 0 Å². The summed E-state index contributed by atoms with van der Waals surface area (Å²) in [4.78, 5) is 92.6. The van der Waals surface area contributed by atoms with Crippen LogP contribution in [0.5, 0.6) is 5.75 Å². The molecule has 19 nitrogen and oxygen atoms in total. The lowest BCUT2D eigenvalue weighted by Gasteiger charge is -2.23. The van der Waals surface area contributed by atoms with Gasteiger partial charge < -0.3 is 45.3 Å². The largest absolute Gasteiger partial charge is 0.492 e. The van der Waals surface area contributed by atoms with Gasteiger partial charge in [-0.1, -0.05) is 20.8 Å². The molecule has 2 aromatic rings. The van der Waals surface area contributed by atoms with E-state index in [9.17, 15) is 38.7 Å². The summed E-state index contributed by atoms with van der Waals surface area (Å²) in [6.07, 6.45) is -3.19. The number of nitrogens with one attached hydrogen (secondary N) is 6. The van der Waals surface area contributed by atoms with Crippen molar-refractivity contribution in [1.82, 2.24) is 26.6 Å². The van der Waals surface area contributed by atoms with Gasteiger partial charge in [0.25, 0.3) is 5.91 Å². The summed E-state index contributed by atoms with van der Waals surface area (Å²) in [5.74, 6) is -3.71. The minimum Gasteiger partial charge on any atom is -0.492 e. The average molecular weight is 842 g/mol. The average Bonchev–Trinajstić information content (AvgIpc) is 3.06. The maximum absolute atomic E-state index is 13.4. The fourth-order valence-electron chi connectivity index (χ4n) is 4.65. The van der Waals surface area contributed by atoms with Gasteiger partial charge in [-0.25, -0.2) is 19.4 Å². The first-order valence-corrected chi connectivity index (χ1v) is 19.0. The van der Waals surface area contributed by atoms with E-state index in [2.05, 4.69) is 36.9 Å².